The maximum Gasteiger partial charge on any atom is 0.223 e. The first-order valence-corrected chi connectivity index (χ1v) is 8.25. The molecule has 1 amide bonds. The van der Waals surface area contributed by atoms with Gasteiger partial charge >= 0.3 is 0 Å². The molecule has 120 valence electrons. The Bertz CT molecular complexity index is 656. The van der Waals surface area contributed by atoms with Crippen LogP contribution in [0.25, 0.3) is 0 Å². The Kier molecular flexibility index (Phi) is 3.87. The molecule has 4 heterocycles. The number of likely N-dealkylation sites (tertiary alicyclic amines) is 2. The van der Waals surface area contributed by atoms with Crippen molar-refractivity contribution in [2.45, 2.75) is 44.4 Å². The Labute approximate surface area is 135 Å². The van der Waals surface area contributed by atoms with E-state index in [0.29, 0.717) is 25.0 Å². The predicted molar refractivity (Wildman–Crippen MR) is 85.3 cm³/mol. The van der Waals surface area contributed by atoms with Crippen LogP contribution < -0.4 is 0 Å². The molecule has 2 aromatic rings. The van der Waals surface area contributed by atoms with Crippen LogP contribution in [0.5, 0.6) is 0 Å². The molecule has 5 nitrogen and oxygen atoms in total. The predicted octanol–water partition coefficient (Wildman–Crippen LogP) is 2.44. The highest BCUT2D eigenvalue weighted by Gasteiger charge is 2.42. The largest absolute Gasteiger partial charge is 0.472 e. The van der Waals surface area contributed by atoms with Gasteiger partial charge < -0.3 is 9.32 Å². The molecule has 0 bridgehead atoms. The highest BCUT2D eigenvalue weighted by Crippen LogP contribution is 2.33. The lowest BCUT2D eigenvalue weighted by Crippen LogP contribution is -2.51. The molecule has 0 spiro atoms. The number of amides is 1. The van der Waals surface area contributed by atoms with E-state index in [1.165, 1.54) is 5.56 Å². The number of piperidine rings is 1. The van der Waals surface area contributed by atoms with Crippen LogP contribution in [0, 0.1) is 0 Å². The first-order chi connectivity index (χ1) is 11.3. The summed E-state index contributed by atoms with van der Waals surface area (Å²) in [5.74, 6) is 0.285. The molecule has 2 saturated heterocycles. The lowest BCUT2D eigenvalue weighted by Gasteiger charge is -2.40. The molecule has 2 aliphatic heterocycles. The molecule has 5 heteroatoms. The van der Waals surface area contributed by atoms with E-state index in [2.05, 4.69) is 14.8 Å². The van der Waals surface area contributed by atoms with Gasteiger partial charge in [0, 0.05) is 56.1 Å². The highest BCUT2D eigenvalue weighted by molar-refractivity contribution is 5.77. The summed E-state index contributed by atoms with van der Waals surface area (Å²) >= 11 is 0. The topological polar surface area (TPSA) is 49.6 Å². The molecule has 2 atom stereocenters. The molecule has 0 N–H and O–H groups in total. The Morgan fingerprint density at radius 1 is 1.09 bits per heavy atom. The first-order valence-electron chi connectivity index (χ1n) is 8.25. The van der Waals surface area contributed by atoms with Crippen molar-refractivity contribution in [1.82, 2.24) is 14.8 Å². The second-order valence-electron chi connectivity index (χ2n) is 6.44. The van der Waals surface area contributed by atoms with Gasteiger partial charge in [0.15, 0.2) is 0 Å². The normalized spacial score (nSPS) is 24.9. The van der Waals surface area contributed by atoms with Crippen LogP contribution in [-0.4, -0.2) is 39.3 Å². The lowest BCUT2D eigenvalue weighted by atomic mass is 9.95. The number of hydrogen-bond donors (Lipinski definition) is 0. The molecule has 2 aromatic heterocycles. The Morgan fingerprint density at radius 3 is 2.74 bits per heavy atom. The van der Waals surface area contributed by atoms with E-state index in [0.717, 1.165) is 31.5 Å². The standard InChI is InChI=1S/C18H21N3O2/c22-18-2-1-16-17(21(18)12-14-3-7-19-8-4-14)5-9-20(16)11-15-6-10-23-13-15/h3-4,6-8,10,13,16-17H,1-2,5,9,11-12H2/t16-,17-/m0/s1. The van der Waals surface area contributed by atoms with E-state index in [9.17, 15) is 4.79 Å². The number of furan rings is 1. The van der Waals surface area contributed by atoms with Crippen LogP contribution >= 0.6 is 0 Å². The Morgan fingerprint density at radius 2 is 1.96 bits per heavy atom. The zero-order valence-corrected chi connectivity index (χ0v) is 13.1. The number of fused-ring (bicyclic) bond motifs is 1. The van der Waals surface area contributed by atoms with Crippen LogP contribution in [0.3, 0.4) is 0 Å². The van der Waals surface area contributed by atoms with Crippen molar-refractivity contribution in [2.24, 2.45) is 0 Å². The third-order valence-electron chi connectivity index (χ3n) is 5.07. The lowest BCUT2D eigenvalue weighted by molar-refractivity contribution is -0.138. The zero-order chi connectivity index (χ0) is 15.6. The average molecular weight is 311 g/mol. The van der Waals surface area contributed by atoms with Gasteiger partial charge in [-0.3, -0.25) is 14.7 Å². The van der Waals surface area contributed by atoms with Crippen LogP contribution in [0.15, 0.2) is 47.5 Å². The summed E-state index contributed by atoms with van der Waals surface area (Å²) in [4.78, 5) is 21.1. The third-order valence-corrected chi connectivity index (χ3v) is 5.07. The smallest absolute Gasteiger partial charge is 0.223 e. The Hall–Kier alpha value is -2.14. The summed E-state index contributed by atoms with van der Waals surface area (Å²) in [5.41, 5.74) is 2.37. The van der Waals surface area contributed by atoms with Gasteiger partial charge in [-0.25, -0.2) is 0 Å². The molecule has 23 heavy (non-hydrogen) atoms. The number of carbonyl (C=O) groups excluding carboxylic acids is 1. The van der Waals surface area contributed by atoms with E-state index in [4.69, 9.17) is 4.42 Å². The van der Waals surface area contributed by atoms with Crippen LogP contribution in [0.1, 0.15) is 30.4 Å². The summed E-state index contributed by atoms with van der Waals surface area (Å²) in [6.07, 6.45) is 9.79. The maximum absolute atomic E-state index is 12.4. The average Bonchev–Trinajstić information content (AvgIpc) is 3.22. The number of carbonyl (C=O) groups is 1. The molecule has 0 saturated carbocycles. The zero-order valence-electron chi connectivity index (χ0n) is 13.1. The van der Waals surface area contributed by atoms with Crippen molar-refractivity contribution in [3.05, 3.63) is 54.2 Å². The maximum atomic E-state index is 12.4. The molecular formula is C18H21N3O2. The summed E-state index contributed by atoms with van der Waals surface area (Å²) in [7, 11) is 0. The van der Waals surface area contributed by atoms with Crippen LogP contribution in [0.2, 0.25) is 0 Å². The quantitative estimate of drug-likeness (QED) is 0.870. The molecule has 0 radical (unpaired) electrons. The summed E-state index contributed by atoms with van der Waals surface area (Å²) in [6.45, 7) is 2.65. The van der Waals surface area contributed by atoms with Gasteiger partial charge in [-0.2, -0.15) is 0 Å². The highest BCUT2D eigenvalue weighted by atomic mass is 16.3. The van der Waals surface area contributed by atoms with Crippen molar-refractivity contribution in [3.8, 4) is 0 Å². The van der Waals surface area contributed by atoms with Gasteiger partial charge in [-0.15, -0.1) is 0 Å². The fourth-order valence-corrected chi connectivity index (χ4v) is 3.94. The number of pyridine rings is 1. The minimum Gasteiger partial charge on any atom is -0.472 e. The number of hydrogen-bond acceptors (Lipinski definition) is 4. The van der Waals surface area contributed by atoms with E-state index in [1.54, 1.807) is 18.7 Å². The third kappa shape index (κ3) is 2.88. The van der Waals surface area contributed by atoms with Crippen LogP contribution in [0.4, 0.5) is 0 Å². The van der Waals surface area contributed by atoms with Crippen molar-refractivity contribution in [3.63, 3.8) is 0 Å². The van der Waals surface area contributed by atoms with Crippen molar-refractivity contribution < 1.29 is 9.21 Å². The van der Waals surface area contributed by atoms with Crippen molar-refractivity contribution in [2.75, 3.05) is 6.54 Å². The summed E-state index contributed by atoms with van der Waals surface area (Å²) < 4.78 is 5.18. The van der Waals surface area contributed by atoms with Gasteiger partial charge in [-0.05, 0) is 36.6 Å². The SMILES string of the molecule is O=C1CC[C@H]2[C@H](CCN2Cc2ccoc2)N1Cc1ccncc1. The molecule has 2 aliphatic rings. The van der Waals surface area contributed by atoms with Gasteiger partial charge in [0.05, 0.1) is 12.5 Å². The number of nitrogens with zero attached hydrogens (tertiary/aromatic N) is 3. The van der Waals surface area contributed by atoms with Crippen molar-refractivity contribution in [1.29, 1.82) is 0 Å². The van der Waals surface area contributed by atoms with Gasteiger partial charge in [0.2, 0.25) is 5.91 Å². The monoisotopic (exact) mass is 311 g/mol. The van der Waals surface area contributed by atoms with Gasteiger partial charge in [0.1, 0.15) is 0 Å². The molecule has 2 fully saturated rings. The molecule has 4 rings (SSSR count). The molecule has 0 aromatic carbocycles. The second-order valence-corrected chi connectivity index (χ2v) is 6.44. The van der Waals surface area contributed by atoms with E-state index in [1.807, 2.05) is 24.5 Å². The molecule has 0 unspecified atom stereocenters. The van der Waals surface area contributed by atoms with E-state index < -0.39 is 0 Å². The number of aromatic nitrogens is 1. The van der Waals surface area contributed by atoms with Gasteiger partial charge in [0.25, 0.3) is 0 Å². The Balaban J connectivity index is 1.49. The minimum absolute atomic E-state index is 0.285. The van der Waals surface area contributed by atoms with E-state index >= 15 is 0 Å². The van der Waals surface area contributed by atoms with Crippen LogP contribution in [-0.2, 0) is 17.9 Å². The number of rotatable bonds is 4. The fraction of sp³-hybridized carbons (Fsp3) is 0.444. The minimum atomic E-state index is 0.285. The van der Waals surface area contributed by atoms with Crippen molar-refractivity contribution >= 4 is 5.91 Å². The van der Waals surface area contributed by atoms with E-state index in [-0.39, 0.29) is 5.91 Å². The summed E-state index contributed by atoms with van der Waals surface area (Å²) in [5, 5.41) is 0. The van der Waals surface area contributed by atoms with Gasteiger partial charge in [-0.1, -0.05) is 0 Å². The summed E-state index contributed by atoms with van der Waals surface area (Å²) in [6, 6.07) is 6.81. The second kappa shape index (κ2) is 6.16. The molecule has 0 aliphatic carbocycles. The molecular weight excluding hydrogens is 290 g/mol. The fourth-order valence-electron chi connectivity index (χ4n) is 3.94. The first kappa shape index (κ1) is 14.5.